The maximum absolute atomic E-state index is 5.88. The largest absolute Gasteiger partial charge is 0.380 e. The molecule has 0 aromatic rings. The highest BCUT2D eigenvalue weighted by molar-refractivity contribution is 4.86. The lowest BCUT2D eigenvalue weighted by atomic mass is 10.0. The van der Waals surface area contributed by atoms with Crippen molar-refractivity contribution in [3.63, 3.8) is 0 Å². The van der Waals surface area contributed by atoms with Crippen LogP contribution in [0.25, 0.3) is 0 Å². The minimum Gasteiger partial charge on any atom is -0.380 e. The first kappa shape index (κ1) is 11.5. The first-order valence-electron chi connectivity index (χ1n) is 4.48. The van der Waals surface area contributed by atoms with Gasteiger partial charge in [0.15, 0.2) is 0 Å². The molecule has 0 fully saturated rings. The lowest BCUT2D eigenvalue weighted by Crippen LogP contribution is -2.35. The number of terminal acetylenes is 1. The van der Waals surface area contributed by atoms with Gasteiger partial charge >= 0.3 is 0 Å². The summed E-state index contributed by atoms with van der Waals surface area (Å²) < 4.78 is 5.26. The molecule has 2 nitrogen and oxygen atoms in total. The molecule has 0 rings (SSSR count). The number of hydrogen-bond donors (Lipinski definition) is 1. The van der Waals surface area contributed by atoms with Crippen LogP contribution in [-0.4, -0.2) is 19.3 Å². The smallest absolute Gasteiger partial charge is 0.0722 e. The molecular weight excluding hydrogens is 150 g/mol. The number of methoxy groups -OCH3 is 1. The van der Waals surface area contributed by atoms with Crippen molar-refractivity contribution in [3.8, 4) is 12.3 Å². The Kier molecular flexibility index (Phi) is 6.84. The third kappa shape index (κ3) is 4.38. The van der Waals surface area contributed by atoms with Crippen LogP contribution in [0.1, 0.15) is 32.6 Å². The molecule has 0 aliphatic rings. The predicted molar refractivity (Wildman–Crippen MR) is 51.7 cm³/mol. The molecule has 0 aromatic carbocycles. The Hall–Kier alpha value is -0.520. The highest BCUT2D eigenvalue weighted by Crippen LogP contribution is 2.08. The van der Waals surface area contributed by atoms with Gasteiger partial charge in [-0.3, -0.25) is 0 Å². The third-order valence-electron chi connectivity index (χ3n) is 1.98. The molecule has 2 heteroatoms. The summed E-state index contributed by atoms with van der Waals surface area (Å²) in [6.45, 7) is 2.12. The van der Waals surface area contributed by atoms with Crippen LogP contribution in [0.15, 0.2) is 0 Å². The lowest BCUT2D eigenvalue weighted by molar-refractivity contribution is 0.0706. The van der Waals surface area contributed by atoms with E-state index in [4.69, 9.17) is 16.9 Å². The van der Waals surface area contributed by atoms with Crippen LogP contribution in [0.2, 0.25) is 0 Å². The molecule has 70 valence electrons. The van der Waals surface area contributed by atoms with Crippen molar-refractivity contribution < 1.29 is 4.74 Å². The fraction of sp³-hybridized carbons (Fsp3) is 0.800. The standard InChI is InChI=1S/C10H19NO/c1-4-6-8-9(11)10(12-3)7-5-2/h1,9-10H,5-8,11H2,2-3H3. The first-order chi connectivity index (χ1) is 5.76. The average Bonchev–Trinajstić information content (AvgIpc) is 2.10. The van der Waals surface area contributed by atoms with E-state index in [-0.39, 0.29) is 12.1 Å². The monoisotopic (exact) mass is 169 g/mol. The van der Waals surface area contributed by atoms with Gasteiger partial charge < -0.3 is 10.5 Å². The first-order valence-corrected chi connectivity index (χ1v) is 4.48. The SMILES string of the molecule is C#CCCC(N)C(CCC)OC. The normalized spacial score (nSPS) is 15.2. The summed E-state index contributed by atoms with van der Waals surface area (Å²) in [4.78, 5) is 0. The maximum Gasteiger partial charge on any atom is 0.0722 e. The summed E-state index contributed by atoms with van der Waals surface area (Å²) in [5.41, 5.74) is 5.88. The second kappa shape index (κ2) is 7.15. The van der Waals surface area contributed by atoms with Gasteiger partial charge in [-0.1, -0.05) is 13.3 Å². The summed E-state index contributed by atoms with van der Waals surface area (Å²) in [5.74, 6) is 2.58. The van der Waals surface area contributed by atoms with Crippen molar-refractivity contribution in [2.45, 2.75) is 44.8 Å². The van der Waals surface area contributed by atoms with Gasteiger partial charge in [0.25, 0.3) is 0 Å². The van der Waals surface area contributed by atoms with Crippen molar-refractivity contribution >= 4 is 0 Å². The summed E-state index contributed by atoms with van der Waals surface area (Å²) in [7, 11) is 1.70. The molecule has 0 saturated carbocycles. The van der Waals surface area contributed by atoms with E-state index in [0.717, 1.165) is 25.7 Å². The molecule has 2 unspecified atom stereocenters. The average molecular weight is 169 g/mol. The Morgan fingerprint density at radius 1 is 1.50 bits per heavy atom. The van der Waals surface area contributed by atoms with E-state index >= 15 is 0 Å². The van der Waals surface area contributed by atoms with Gasteiger partial charge in [-0.15, -0.1) is 12.3 Å². The zero-order valence-corrected chi connectivity index (χ0v) is 8.05. The van der Waals surface area contributed by atoms with E-state index in [2.05, 4.69) is 12.8 Å². The van der Waals surface area contributed by atoms with Crippen LogP contribution >= 0.6 is 0 Å². The van der Waals surface area contributed by atoms with E-state index in [9.17, 15) is 0 Å². The highest BCUT2D eigenvalue weighted by Gasteiger charge is 2.14. The van der Waals surface area contributed by atoms with Gasteiger partial charge in [-0.05, 0) is 12.8 Å². The Morgan fingerprint density at radius 3 is 2.58 bits per heavy atom. The van der Waals surface area contributed by atoms with Crippen LogP contribution in [0.5, 0.6) is 0 Å². The molecular formula is C10H19NO. The topological polar surface area (TPSA) is 35.2 Å². The van der Waals surface area contributed by atoms with Crippen LogP contribution in [-0.2, 0) is 4.74 Å². The second-order valence-corrected chi connectivity index (χ2v) is 2.97. The van der Waals surface area contributed by atoms with E-state index in [1.165, 1.54) is 0 Å². The second-order valence-electron chi connectivity index (χ2n) is 2.97. The zero-order valence-electron chi connectivity index (χ0n) is 8.05. The van der Waals surface area contributed by atoms with Gasteiger partial charge in [-0.25, -0.2) is 0 Å². The summed E-state index contributed by atoms with van der Waals surface area (Å²) >= 11 is 0. The minimum absolute atomic E-state index is 0.0889. The molecule has 2 N–H and O–H groups in total. The van der Waals surface area contributed by atoms with Crippen LogP contribution in [0, 0.1) is 12.3 Å². The van der Waals surface area contributed by atoms with Gasteiger partial charge in [0.1, 0.15) is 0 Å². The van der Waals surface area contributed by atoms with Crippen LogP contribution in [0.3, 0.4) is 0 Å². The molecule has 0 bridgehead atoms. The fourth-order valence-corrected chi connectivity index (χ4v) is 1.23. The van der Waals surface area contributed by atoms with Gasteiger partial charge in [0.2, 0.25) is 0 Å². The lowest BCUT2D eigenvalue weighted by Gasteiger charge is -2.21. The molecule has 0 radical (unpaired) electrons. The summed E-state index contributed by atoms with van der Waals surface area (Å²) in [6, 6.07) is 0.0889. The number of nitrogens with two attached hydrogens (primary N) is 1. The predicted octanol–water partition coefficient (Wildman–Crippen LogP) is 1.54. The maximum atomic E-state index is 5.88. The molecule has 12 heavy (non-hydrogen) atoms. The van der Waals surface area contributed by atoms with Crippen LogP contribution in [0.4, 0.5) is 0 Å². The Morgan fingerprint density at radius 2 is 2.17 bits per heavy atom. The fourth-order valence-electron chi connectivity index (χ4n) is 1.23. The number of rotatable bonds is 6. The molecule has 2 atom stereocenters. The zero-order chi connectivity index (χ0) is 9.40. The molecule has 0 heterocycles. The van der Waals surface area contributed by atoms with Crippen molar-refractivity contribution in [2.75, 3.05) is 7.11 Å². The molecule has 0 spiro atoms. The summed E-state index contributed by atoms with van der Waals surface area (Å²) in [6.07, 6.45) is 9.03. The van der Waals surface area contributed by atoms with Crippen LogP contribution < -0.4 is 5.73 Å². The van der Waals surface area contributed by atoms with Gasteiger partial charge in [-0.2, -0.15) is 0 Å². The minimum atomic E-state index is 0.0889. The van der Waals surface area contributed by atoms with Crippen molar-refractivity contribution in [2.24, 2.45) is 5.73 Å². The molecule has 0 aliphatic heterocycles. The van der Waals surface area contributed by atoms with Crippen molar-refractivity contribution in [1.29, 1.82) is 0 Å². The molecule has 0 saturated heterocycles. The molecule has 0 aliphatic carbocycles. The van der Waals surface area contributed by atoms with Gasteiger partial charge in [0, 0.05) is 19.6 Å². The highest BCUT2D eigenvalue weighted by atomic mass is 16.5. The van der Waals surface area contributed by atoms with E-state index in [1.54, 1.807) is 7.11 Å². The number of ether oxygens (including phenoxy) is 1. The summed E-state index contributed by atoms with van der Waals surface area (Å²) in [5, 5.41) is 0. The van der Waals surface area contributed by atoms with E-state index in [1.807, 2.05) is 0 Å². The third-order valence-corrected chi connectivity index (χ3v) is 1.98. The molecule has 0 amide bonds. The van der Waals surface area contributed by atoms with Gasteiger partial charge in [0.05, 0.1) is 6.10 Å². The Bertz CT molecular complexity index is 139. The Balaban J connectivity index is 3.69. The molecule has 0 aromatic heterocycles. The quantitative estimate of drug-likeness (QED) is 0.612. The van der Waals surface area contributed by atoms with E-state index in [0.29, 0.717) is 0 Å². The van der Waals surface area contributed by atoms with Crippen molar-refractivity contribution in [1.82, 2.24) is 0 Å². The van der Waals surface area contributed by atoms with Crippen molar-refractivity contribution in [3.05, 3.63) is 0 Å². The van der Waals surface area contributed by atoms with E-state index < -0.39 is 0 Å². The Labute approximate surface area is 75.5 Å². The number of hydrogen-bond acceptors (Lipinski definition) is 2.